The Hall–Kier alpha value is -2.29. The SMILES string of the molecule is COc1c(C)cccc1C(=O)Nc1cccc(C)c1. The van der Waals surface area contributed by atoms with Gasteiger partial charge in [0.2, 0.25) is 0 Å². The smallest absolute Gasteiger partial charge is 0.259 e. The van der Waals surface area contributed by atoms with Crippen LogP contribution in [0.1, 0.15) is 21.5 Å². The van der Waals surface area contributed by atoms with Crippen molar-refractivity contribution >= 4 is 11.6 Å². The number of benzene rings is 2. The molecule has 2 rings (SSSR count). The molecule has 3 nitrogen and oxygen atoms in total. The van der Waals surface area contributed by atoms with Crippen LogP contribution in [0.2, 0.25) is 0 Å². The molecule has 2 aromatic rings. The van der Waals surface area contributed by atoms with Crippen molar-refractivity contribution in [2.45, 2.75) is 13.8 Å². The minimum absolute atomic E-state index is 0.161. The van der Waals surface area contributed by atoms with E-state index in [1.54, 1.807) is 13.2 Å². The van der Waals surface area contributed by atoms with Crippen molar-refractivity contribution in [1.29, 1.82) is 0 Å². The molecule has 0 aliphatic heterocycles. The summed E-state index contributed by atoms with van der Waals surface area (Å²) in [5.74, 6) is 0.457. The number of hydrogen-bond donors (Lipinski definition) is 1. The zero-order valence-electron chi connectivity index (χ0n) is 11.4. The van der Waals surface area contributed by atoms with Crippen LogP contribution in [0, 0.1) is 13.8 Å². The summed E-state index contributed by atoms with van der Waals surface area (Å²) in [6.45, 7) is 3.91. The summed E-state index contributed by atoms with van der Waals surface area (Å²) >= 11 is 0. The van der Waals surface area contributed by atoms with Gasteiger partial charge in [-0.1, -0.05) is 24.3 Å². The van der Waals surface area contributed by atoms with Gasteiger partial charge >= 0.3 is 0 Å². The zero-order valence-corrected chi connectivity index (χ0v) is 11.4. The molecule has 1 amide bonds. The summed E-state index contributed by atoms with van der Waals surface area (Å²) < 4.78 is 5.30. The Morgan fingerprint density at radius 1 is 1.11 bits per heavy atom. The third-order valence-corrected chi connectivity index (χ3v) is 2.94. The highest BCUT2D eigenvalue weighted by Gasteiger charge is 2.13. The van der Waals surface area contributed by atoms with Crippen LogP contribution in [0.25, 0.3) is 0 Å². The van der Waals surface area contributed by atoms with Gasteiger partial charge in [-0.25, -0.2) is 0 Å². The first-order chi connectivity index (χ1) is 9.11. The fourth-order valence-electron chi connectivity index (χ4n) is 2.02. The van der Waals surface area contributed by atoms with Crippen LogP contribution >= 0.6 is 0 Å². The Morgan fingerprint density at radius 3 is 2.53 bits per heavy atom. The van der Waals surface area contributed by atoms with Crippen LogP contribution in [-0.2, 0) is 0 Å². The molecule has 0 fully saturated rings. The second-order valence-electron chi connectivity index (χ2n) is 4.48. The lowest BCUT2D eigenvalue weighted by molar-refractivity contribution is 0.102. The highest BCUT2D eigenvalue weighted by Crippen LogP contribution is 2.24. The van der Waals surface area contributed by atoms with Crippen molar-refractivity contribution in [1.82, 2.24) is 0 Å². The minimum Gasteiger partial charge on any atom is -0.496 e. The second-order valence-corrected chi connectivity index (χ2v) is 4.48. The van der Waals surface area contributed by atoms with Crippen molar-refractivity contribution in [3.63, 3.8) is 0 Å². The third-order valence-electron chi connectivity index (χ3n) is 2.94. The standard InChI is InChI=1S/C16H17NO2/c1-11-6-4-8-13(10-11)17-16(18)14-9-5-7-12(2)15(14)19-3/h4-10H,1-3H3,(H,17,18). The summed E-state index contributed by atoms with van der Waals surface area (Å²) in [6, 6.07) is 13.2. The van der Waals surface area contributed by atoms with E-state index in [2.05, 4.69) is 5.32 Å². The first-order valence-corrected chi connectivity index (χ1v) is 6.13. The Kier molecular flexibility index (Phi) is 3.85. The molecule has 98 valence electrons. The van der Waals surface area contributed by atoms with Crippen molar-refractivity contribution in [3.8, 4) is 5.75 Å². The van der Waals surface area contributed by atoms with E-state index in [0.717, 1.165) is 16.8 Å². The lowest BCUT2D eigenvalue weighted by atomic mass is 10.1. The molecule has 0 spiro atoms. The van der Waals surface area contributed by atoms with Crippen molar-refractivity contribution in [2.24, 2.45) is 0 Å². The van der Waals surface area contributed by atoms with Crippen LogP contribution in [0.15, 0.2) is 42.5 Å². The molecule has 2 aromatic carbocycles. The van der Waals surface area contributed by atoms with Crippen LogP contribution in [0.4, 0.5) is 5.69 Å². The van der Waals surface area contributed by atoms with Gasteiger partial charge in [-0.05, 0) is 43.2 Å². The molecule has 0 aromatic heterocycles. The fourth-order valence-corrected chi connectivity index (χ4v) is 2.02. The van der Waals surface area contributed by atoms with E-state index in [4.69, 9.17) is 4.74 Å². The molecule has 0 saturated heterocycles. The summed E-state index contributed by atoms with van der Waals surface area (Å²) in [4.78, 5) is 12.3. The molecular weight excluding hydrogens is 238 g/mol. The second kappa shape index (κ2) is 5.57. The molecule has 0 saturated carbocycles. The van der Waals surface area contributed by atoms with Crippen molar-refractivity contribution < 1.29 is 9.53 Å². The van der Waals surface area contributed by atoms with E-state index < -0.39 is 0 Å². The van der Waals surface area contributed by atoms with E-state index in [-0.39, 0.29) is 5.91 Å². The topological polar surface area (TPSA) is 38.3 Å². The molecule has 3 heteroatoms. The van der Waals surface area contributed by atoms with Crippen molar-refractivity contribution in [3.05, 3.63) is 59.2 Å². The number of carbonyl (C=O) groups excluding carboxylic acids is 1. The first-order valence-electron chi connectivity index (χ1n) is 6.13. The summed E-state index contributed by atoms with van der Waals surface area (Å²) in [6.07, 6.45) is 0. The number of hydrogen-bond acceptors (Lipinski definition) is 2. The number of ether oxygens (including phenoxy) is 1. The molecule has 0 aliphatic rings. The Balaban J connectivity index is 2.28. The summed E-state index contributed by atoms with van der Waals surface area (Å²) in [7, 11) is 1.58. The number of aryl methyl sites for hydroxylation is 2. The zero-order chi connectivity index (χ0) is 13.8. The average molecular weight is 255 g/mol. The van der Waals surface area contributed by atoms with Crippen LogP contribution in [0.5, 0.6) is 5.75 Å². The molecule has 19 heavy (non-hydrogen) atoms. The maximum absolute atomic E-state index is 12.3. The van der Waals surface area contributed by atoms with E-state index in [0.29, 0.717) is 11.3 Å². The van der Waals surface area contributed by atoms with Gasteiger partial charge in [0.25, 0.3) is 5.91 Å². The van der Waals surface area contributed by atoms with Gasteiger partial charge in [0.05, 0.1) is 12.7 Å². The molecule has 0 unspecified atom stereocenters. The van der Waals surface area contributed by atoms with E-state index in [1.165, 1.54) is 0 Å². The molecule has 0 radical (unpaired) electrons. The quantitative estimate of drug-likeness (QED) is 0.910. The fraction of sp³-hybridized carbons (Fsp3) is 0.188. The maximum Gasteiger partial charge on any atom is 0.259 e. The van der Waals surface area contributed by atoms with E-state index in [1.807, 2.05) is 50.2 Å². The van der Waals surface area contributed by atoms with Gasteiger partial charge in [0.1, 0.15) is 5.75 Å². The molecule has 1 N–H and O–H groups in total. The molecule has 0 atom stereocenters. The van der Waals surface area contributed by atoms with Crippen molar-refractivity contribution in [2.75, 3.05) is 12.4 Å². The summed E-state index contributed by atoms with van der Waals surface area (Å²) in [5.41, 5.74) is 3.38. The lowest BCUT2D eigenvalue weighted by Gasteiger charge is -2.11. The van der Waals surface area contributed by atoms with Gasteiger partial charge in [0.15, 0.2) is 0 Å². The van der Waals surface area contributed by atoms with Gasteiger partial charge in [0, 0.05) is 5.69 Å². The highest BCUT2D eigenvalue weighted by atomic mass is 16.5. The predicted molar refractivity (Wildman–Crippen MR) is 76.9 cm³/mol. The van der Waals surface area contributed by atoms with Crippen LogP contribution < -0.4 is 10.1 Å². The number of rotatable bonds is 3. The van der Waals surface area contributed by atoms with Gasteiger partial charge < -0.3 is 10.1 Å². The predicted octanol–water partition coefficient (Wildman–Crippen LogP) is 3.56. The van der Waals surface area contributed by atoms with Crippen LogP contribution in [0.3, 0.4) is 0 Å². The first kappa shape index (κ1) is 13.1. The number of nitrogens with one attached hydrogen (secondary N) is 1. The third kappa shape index (κ3) is 2.94. The molecule has 0 bridgehead atoms. The largest absolute Gasteiger partial charge is 0.496 e. The number of para-hydroxylation sites is 1. The normalized spacial score (nSPS) is 10.1. The minimum atomic E-state index is -0.161. The van der Waals surface area contributed by atoms with E-state index in [9.17, 15) is 4.79 Å². The van der Waals surface area contributed by atoms with Gasteiger partial charge in [-0.3, -0.25) is 4.79 Å². The van der Waals surface area contributed by atoms with Gasteiger partial charge in [-0.15, -0.1) is 0 Å². The van der Waals surface area contributed by atoms with Gasteiger partial charge in [-0.2, -0.15) is 0 Å². The Bertz CT molecular complexity index is 605. The number of anilines is 1. The molecule has 0 aliphatic carbocycles. The number of methoxy groups -OCH3 is 1. The number of amides is 1. The highest BCUT2D eigenvalue weighted by molar-refractivity contribution is 6.06. The maximum atomic E-state index is 12.3. The summed E-state index contributed by atoms with van der Waals surface area (Å²) in [5, 5.41) is 2.88. The lowest BCUT2D eigenvalue weighted by Crippen LogP contribution is -2.13. The Morgan fingerprint density at radius 2 is 1.84 bits per heavy atom. The Labute approximate surface area is 113 Å². The molecular formula is C16H17NO2. The molecule has 0 heterocycles. The number of carbonyl (C=O) groups is 1. The average Bonchev–Trinajstić information content (AvgIpc) is 2.38. The monoisotopic (exact) mass is 255 g/mol. The van der Waals surface area contributed by atoms with E-state index >= 15 is 0 Å². The van der Waals surface area contributed by atoms with Crippen LogP contribution in [-0.4, -0.2) is 13.0 Å².